The molecule has 1 heterocycles. The molecular formula is C13H14ClN3O3S. The number of benzene rings is 1. The van der Waals surface area contributed by atoms with Gasteiger partial charge < -0.3 is 0 Å². The van der Waals surface area contributed by atoms with Gasteiger partial charge >= 0.3 is 0 Å². The van der Waals surface area contributed by atoms with Crippen LogP contribution in [-0.2, 0) is 28.3 Å². The van der Waals surface area contributed by atoms with Crippen LogP contribution in [0, 0.1) is 6.92 Å². The number of hydrogen-bond donors (Lipinski definition) is 1. The van der Waals surface area contributed by atoms with Crippen LogP contribution in [0.4, 0.5) is 0 Å². The van der Waals surface area contributed by atoms with Crippen molar-refractivity contribution in [1.82, 2.24) is 14.5 Å². The van der Waals surface area contributed by atoms with E-state index in [1.165, 1.54) is 23.0 Å². The van der Waals surface area contributed by atoms with Gasteiger partial charge in [-0.1, -0.05) is 17.7 Å². The maximum absolute atomic E-state index is 12.1. The summed E-state index contributed by atoms with van der Waals surface area (Å²) in [4.78, 5) is 11.8. The van der Waals surface area contributed by atoms with Gasteiger partial charge in [-0.25, -0.2) is 13.1 Å². The van der Waals surface area contributed by atoms with Gasteiger partial charge in [-0.3, -0.25) is 9.48 Å². The summed E-state index contributed by atoms with van der Waals surface area (Å²) >= 11 is 5.90. The Hall–Kier alpha value is -1.86. The molecular weight excluding hydrogens is 314 g/mol. The highest BCUT2D eigenvalue weighted by molar-refractivity contribution is 7.90. The molecule has 0 aliphatic rings. The fraction of sp³-hybridized carbons (Fsp3) is 0.231. The molecule has 1 aromatic carbocycles. The number of carbonyl (C=O) groups is 1. The molecule has 0 saturated heterocycles. The van der Waals surface area contributed by atoms with Crippen LogP contribution in [0.15, 0.2) is 35.5 Å². The smallest absolute Gasteiger partial charge is 0.264 e. The van der Waals surface area contributed by atoms with E-state index in [1.54, 1.807) is 26.2 Å². The highest BCUT2D eigenvalue weighted by Crippen LogP contribution is 2.19. The predicted octanol–water partition coefficient (Wildman–Crippen LogP) is 1.43. The van der Waals surface area contributed by atoms with Crippen molar-refractivity contribution in [2.24, 2.45) is 7.05 Å². The first-order chi connectivity index (χ1) is 9.78. The molecule has 0 fully saturated rings. The van der Waals surface area contributed by atoms with E-state index >= 15 is 0 Å². The Labute approximate surface area is 127 Å². The second-order valence-electron chi connectivity index (χ2n) is 4.64. The van der Waals surface area contributed by atoms with Crippen molar-refractivity contribution in [1.29, 1.82) is 0 Å². The van der Waals surface area contributed by atoms with Gasteiger partial charge in [-0.2, -0.15) is 5.10 Å². The molecule has 0 unspecified atom stereocenters. The molecule has 8 heteroatoms. The fourth-order valence-corrected chi connectivity index (χ4v) is 2.99. The van der Waals surface area contributed by atoms with Crippen molar-refractivity contribution in [2.75, 3.05) is 0 Å². The summed E-state index contributed by atoms with van der Waals surface area (Å²) in [5, 5.41) is 4.25. The quantitative estimate of drug-likeness (QED) is 0.921. The topological polar surface area (TPSA) is 81.1 Å². The van der Waals surface area contributed by atoms with E-state index in [0.29, 0.717) is 10.6 Å². The molecule has 0 spiro atoms. The Morgan fingerprint density at radius 1 is 1.43 bits per heavy atom. The number of carbonyl (C=O) groups excluding carboxylic acids is 1. The third kappa shape index (κ3) is 3.83. The number of aromatic nitrogens is 2. The largest absolute Gasteiger partial charge is 0.276 e. The van der Waals surface area contributed by atoms with Crippen LogP contribution in [0.1, 0.15) is 11.1 Å². The highest BCUT2D eigenvalue weighted by Gasteiger charge is 2.18. The van der Waals surface area contributed by atoms with Crippen molar-refractivity contribution in [3.05, 3.63) is 46.7 Å². The first kappa shape index (κ1) is 15.5. The zero-order valence-corrected chi connectivity index (χ0v) is 13.1. The lowest BCUT2D eigenvalue weighted by atomic mass is 10.2. The predicted molar refractivity (Wildman–Crippen MR) is 78.4 cm³/mol. The molecule has 2 aromatic rings. The maximum atomic E-state index is 12.1. The van der Waals surface area contributed by atoms with Gasteiger partial charge in [0.25, 0.3) is 10.0 Å². The SMILES string of the molecule is Cc1ccc(S(=O)(=O)NC(=O)Cc2cnn(C)c2)cc1Cl. The lowest BCUT2D eigenvalue weighted by molar-refractivity contribution is -0.118. The Kier molecular flexibility index (Phi) is 4.34. The lowest BCUT2D eigenvalue weighted by Gasteiger charge is -2.07. The van der Waals surface area contributed by atoms with E-state index in [9.17, 15) is 13.2 Å². The normalized spacial score (nSPS) is 11.4. The first-order valence-electron chi connectivity index (χ1n) is 6.07. The average molecular weight is 328 g/mol. The molecule has 112 valence electrons. The number of nitrogens with zero attached hydrogens (tertiary/aromatic N) is 2. The van der Waals surface area contributed by atoms with E-state index in [1.807, 2.05) is 4.72 Å². The van der Waals surface area contributed by atoms with Crippen molar-refractivity contribution in [2.45, 2.75) is 18.2 Å². The monoisotopic (exact) mass is 327 g/mol. The minimum Gasteiger partial charge on any atom is -0.276 e. The average Bonchev–Trinajstić information content (AvgIpc) is 2.77. The van der Waals surface area contributed by atoms with Gasteiger partial charge in [0, 0.05) is 18.3 Å². The van der Waals surface area contributed by atoms with Crippen molar-refractivity contribution in [3.8, 4) is 0 Å². The van der Waals surface area contributed by atoms with Crippen molar-refractivity contribution in [3.63, 3.8) is 0 Å². The van der Waals surface area contributed by atoms with Gasteiger partial charge in [0.2, 0.25) is 5.91 Å². The minimum atomic E-state index is -3.92. The van der Waals surface area contributed by atoms with Crippen LogP contribution in [0.5, 0.6) is 0 Å². The molecule has 0 aliphatic carbocycles. The zero-order chi connectivity index (χ0) is 15.6. The molecule has 1 amide bonds. The number of rotatable bonds is 4. The number of halogens is 1. The van der Waals surface area contributed by atoms with Crippen molar-refractivity contribution < 1.29 is 13.2 Å². The Bertz CT molecular complexity index is 784. The molecule has 1 aromatic heterocycles. The summed E-state index contributed by atoms with van der Waals surface area (Å²) in [6, 6.07) is 4.31. The van der Waals surface area contributed by atoms with Gasteiger partial charge in [0.05, 0.1) is 17.5 Å². The molecule has 21 heavy (non-hydrogen) atoms. The molecule has 1 N–H and O–H groups in total. The maximum Gasteiger partial charge on any atom is 0.264 e. The van der Waals surface area contributed by atoms with Gasteiger partial charge in [-0.15, -0.1) is 0 Å². The first-order valence-corrected chi connectivity index (χ1v) is 7.93. The molecule has 0 saturated carbocycles. The van der Waals surface area contributed by atoms with Gasteiger partial charge in [-0.05, 0) is 30.2 Å². The summed E-state index contributed by atoms with van der Waals surface area (Å²) < 4.78 is 27.7. The molecule has 0 atom stereocenters. The third-order valence-corrected chi connectivity index (χ3v) is 4.60. The summed E-state index contributed by atoms with van der Waals surface area (Å²) in [5.41, 5.74) is 1.39. The summed E-state index contributed by atoms with van der Waals surface area (Å²) in [6.07, 6.45) is 3.09. The number of amides is 1. The number of nitrogens with one attached hydrogen (secondary N) is 1. The number of hydrogen-bond acceptors (Lipinski definition) is 4. The molecule has 0 radical (unpaired) electrons. The molecule has 0 aliphatic heterocycles. The Balaban J connectivity index is 2.13. The molecule has 2 rings (SSSR count). The van der Waals surface area contributed by atoms with Crippen LogP contribution >= 0.6 is 11.6 Å². The van der Waals surface area contributed by atoms with Crippen LogP contribution < -0.4 is 4.72 Å². The Morgan fingerprint density at radius 3 is 2.71 bits per heavy atom. The molecule has 6 nitrogen and oxygen atoms in total. The fourth-order valence-electron chi connectivity index (χ4n) is 1.73. The summed E-state index contributed by atoms with van der Waals surface area (Å²) in [6.45, 7) is 1.76. The van der Waals surface area contributed by atoms with Gasteiger partial charge in [0.15, 0.2) is 0 Å². The summed E-state index contributed by atoms with van der Waals surface area (Å²) in [7, 11) is -2.21. The number of aryl methyl sites for hydroxylation is 2. The second kappa shape index (κ2) is 5.87. The standard InChI is InChI=1S/C13H14ClN3O3S/c1-9-3-4-11(6-12(9)14)21(19,20)16-13(18)5-10-7-15-17(2)8-10/h3-4,6-8H,5H2,1-2H3,(H,16,18). The number of sulfonamides is 1. The van der Waals surface area contributed by atoms with E-state index in [0.717, 1.165) is 5.56 Å². The van der Waals surface area contributed by atoms with Crippen LogP contribution in [0.25, 0.3) is 0 Å². The van der Waals surface area contributed by atoms with E-state index < -0.39 is 15.9 Å². The van der Waals surface area contributed by atoms with Crippen LogP contribution in [-0.4, -0.2) is 24.1 Å². The summed E-state index contributed by atoms with van der Waals surface area (Å²) in [5.74, 6) is -0.625. The van der Waals surface area contributed by atoms with E-state index in [-0.39, 0.29) is 11.3 Å². The Morgan fingerprint density at radius 2 is 2.14 bits per heavy atom. The zero-order valence-electron chi connectivity index (χ0n) is 11.5. The minimum absolute atomic E-state index is 0.0439. The second-order valence-corrected chi connectivity index (χ2v) is 6.73. The third-order valence-electron chi connectivity index (χ3n) is 2.82. The highest BCUT2D eigenvalue weighted by atomic mass is 35.5. The van der Waals surface area contributed by atoms with E-state index in [4.69, 9.17) is 11.6 Å². The lowest BCUT2D eigenvalue weighted by Crippen LogP contribution is -2.31. The molecule has 0 bridgehead atoms. The van der Waals surface area contributed by atoms with E-state index in [2.05, 4.69) is 5.10 Å². The van der Waals surface area contributed by atoms with Crippen LogP contribution in [0.2, 0.25) is 5.02 Å². The van der Waals surface area contributed by atoms with Crippen molar-refractivity contribution >= 4 is 27.5 Å². The van der Waals surface area contributed by atoms with Crippen LogP contribution in [0.3, 0.4) is 0 Å². The van der Waals surface area contributed by atoms with Gasteiger partial charge in [0.1, 0.15) is 0 Å².